The van der Waals surface area contributed by atoms with Crippen LogP contribution in [0.5, 0.6) is 0 Å². The van der Waals surface area contributed by atoms with Gasteiger partial charge in [0, 0.05) is 12.4 Å². The summed E-state index contributed by atoms with van der Waals surface area (Å²) < 4.78 is 27.4. The van der Waals surface area contributed by atoms with E-state index in [-0.39, 0.29) is 0 Å². The third-order valence-corrected chi connectivity index (χ3v) is 9.93. The molecule has 126 valence electrons. The molecule has 1 aromatic carbocycles. The van der Waals surface area contributed by atoms with Crippen LogP contribution in [0.1, 0.15) is 5.56 Å². The summed E-state index contributed by atoms with van der Waals surface area (Å²) in [5.41, 5.74) is 1.06. The van der Waals surface area contributed by atoms with E-state index in [1.54, 1.807) is 12.1 Å². The van der Waals surface area contributed by atoms with Crippen LogP contribution in [0.3, 0.4) is 0 Å². The number of hydrogen-bond acceptors (Lipinski definition) is 2. The van der Waals surface area contributed by atoms with Gasteiger partial charge in [0.1, 0.15) is 0 Å². The first kappa shape index (κ1) is 18.2. The second kappa shape index (κ2) is 5.75. The smallest absolute Gasteiger partial charge is 0.249 e. The average molecular weight is 366 g/mol. The molecule has 0 unspecified atom stereocenters. The summed E-state index contributed by atoms with van der Waals surface area (Å²) in [5, 5.41) is 2.54. The Morgan fingerprint density at radius 2 is 1.17 bits per heavy atom. The van der Waals surface area contributed by atoms with Crippen molar-refractivity contribution in [3.05, 3.63) is 42.2 Å². The van der Waals surface area contributed by atoms with E-state index in [4.69, 9.17) is 0 Å². The van der Waals surface area contributed by atoms with Gasteiger partial charge in [-0.15, -0.1) is 0 Å². The SMILES string of the molecule is Cc1ccc(S(=O)(=O)n2cc([Si](C)(C)C)c([Si](C)(C)C)c2)cc1. The van der Waals surface area contributed by atoms with Crippen molar-refractivity contribution in [3.8, 4) is 0 Å². The third-order valence-electron chi connectivity index (χ3n) is 4.02. The van der Waals surface area contributed by atoms with Crippen LogP contribution in [-0.4, -0.2) is 28.5 Å². The zero-order valence-corrected chi connectivity index (χ0v) is 18.0. The second-order valence-electron chi connectivity index (χ2n) is 8.23. The van der Waals surface area contributed by atoms with Crippen LogP contribution in [0.4, 0.5) is 0 Å². The van der Waals surface area contributed by atoms with Gasteiger partial charge in [-0.1, -0.05) is 57.0 Å². The van der Waals surface area contributed by atoms with Crippen molar-refractivity contribution >= 4 is 36.5 Å². The zero-order valence-electron chi connectivity index (χ0n) is 15.1. The highest BCUT2D eigenvalue weighted by molar-refractivity contribution is 7.90. The summed E-state index contributed by atoms with van der Waals surface area (Å²) in [6.45, 7) is 15.6. The predicted molar refractivity (Wildman–Crippen MR) is 104 cm³/mol. The van der Waals surface area contributed by atoms with Crippen LogP contribution in [-0.2, 0) is 10.0 Å². The van der Waals surface area contributed by atoms with E-state index in [0.717, 1.165) is 5.56 Å². The molecule has 0 spiro atoms. The third kappa shape index (κ3) is 3.70. The lowest BCUT2D eigenvalue weighted by atomic mass is 10.2. The Labute approximate surface area is 142 Å². The maximum absolute atomic E-state index is 13.0. The van der Waals surface area contributed by atoms with Gasteiger partial charge in [-0.25, -0.2) is 12.4 Å². The van der Waals surface area contributed by atoms with E-state index < -0.39 is 26.2 Å². The molecule has 0 aliphatic heterocycles. The maximum atomic E-state index is 13.0. The number of nitrogens with zero attached hydrogens (tertiary/aromatic N) is 1. The van der Waals surface area contributed by atoms with Crippen molar-refractivity contribution in [2.75, 3.05) is 0 Å². The van der Waals surface area contributed by atoms with E-state index in [2.05, 4.69) is 39.3 Å². The van der Waals surface area contributed by atoms with Gasteiger partial charge in [0.15, 0.2) is 0 Å². The number of aryl methyl sites for hydroxylation is 1. The van der Waals surface area contributed by atoms with E-state index in [1.165, 1.54) is 14.3 Å². The summed E-state index contributed by atoms with van der Waals surface area (Å²) in [5.74, 6) is 0. The Morgan fingerprint density at radius 1 is 0.783 bits per heavy atom. The lowest BCUT2D eigenvalue weighted by Crippen LogP contribution is -2.54. The van der Waals surface area contributed by atoms with Crippen LogP contribution in [0.2, 0.25) is 39.3 Å². The Balaban J connectivity index is 2.65. The monoisotopic (exact) mass is 365 g/mol. The molecule has 0 N–H and O–H groups in total. The molecule has 1 heterocycles. The minimum absolute atomic E-state index is 0.349. The number of rotatable bonds is 4. The van der Waals surface area contributed by atoms with Gasteiger partial charge in [0.25, 0.3) is 10.0 Å². The summed E-state index contributed by atoms with van der Waals surface area (Å²) in [6.07, 6.45) is 3.74. The molecule has 0 amide bonds. The molecule has 0 fully saturated rings. The molecular formula is C17H27NO2SSi2. The molecule has 0 aliphatic carbocycles. The molecule has 0 saturated carbocycles. The first-order valence-corrected chi connectivity index (χ1v) is 16.3. The van der Waals surface area contributed by atoms with Gasteiger partial charge < -0.3 is 0 Å². The van der Waals surface area contributed by atoms with Crippen LogP contribution in [0, 0.1) is 6.92 Å². The molecular weight excluding hydrogens is 338 g/mol. The van der Waals surface area contributed by atoms with Gasteiger partial charge in [-0.2, -0.15) is 0 Å². The zero-order chi connectivity index (χ0) is 17.6. The summed E-state index contributed by atoms with van der Waals surface area (Å²) in [4.78, 5) is 0.349. The molecule has 23 heavy (non-hydrogen) atoms. The van der Waals surface area contributed by atoms with Gasteiger partial charge in [0.05, 0.1) is 21.0 Å². The lowest BCUT2D eigenvalue weighted by molar-refractivity contribution is 0.587. The van der Waals surface area contributed by atoms with Crippen molar-refractivity contribution in [1.82, 2.24) is 3.97 Å². The largest absolute Gasteiger partial charge is 0.267 e. The normalized spacial score (nSPS) is 13.3. The van der Waals surface area contributed by atoms with Crippen molar-refractivity contribution in [3.63, 3.8) is 0 Å². The molecule has 0 atom stereocenters. The van der Waals surface area contributed by atoms with Crippen LogP contribution >= 0.6 is 0 Å². The van der Waals surface area contributed by atoms with Gasteiger partial charge in [-0.05, 0) is 29.4 Å². The fourth-order valence-electron chi connectivity index (χ4n) is 2.60. The molecule has 0 radical (unpaired) electrons. The van der Waals surface area contributed by atoms with Crippen molar-refractivity contribution < 1.29 is 8.42 Å². The van der Waals surface area contributed by atoms with Crippen molar-refractivity contribution in [2.24, 2.45) is 0 Å². The number of aromatic nitrogens is 1. The quantitative estimate of drug-likeness (QED) is 0.781. The number of hydrogen-bond donors (Lipinski definition) is 0. The van der Waals surface area contributed by atoms with Gasteiger partial charge in [0.2, 0.25) is 0 Å². The molecule has 0 aliphatic rings. The topological polar surface area (TPSA) is 39.1 Å². The lowest BCUT2D eigenvalue weighted by Gasteiger charge is -2.23. The molecule has 3 nitrogen and oxygen atoms in total. The highest BCUT2D eigenvalue weighted by atomic mass is 32.2. The van der Waals surface area contributed by atoms with Crippen molar-refractivity contribution in [1.29, 1.82) is 0 Å². The molecule has 1 aromatic heterocycles. The summed E-state index contributed by atoms with van der Waals surface area (Å²) >= 11 is 0. The maximum Gasteiger partial charge on any atom is 0.267 e. The van der Waals surface area contributed by atoms with Crippen molar-refractivity contribution in [2.45, 2.75) is 51.1 Å². The highest BCUT2D eigenvalue weighted by Gasteiger charge is 2.31. The molecule has 6 heteroatoms. The molecule has 0 bridgehead atoms. The van der Waals surface area contributed by atoms with Gasteiger partial charge >= 0.3 is 0 Å². The van der Waals surface area contributed by atoms with E-state index >= 15 is 0 Å². The minimum Gasteiger partial charge on any atom is -0.249 e. The van der Waals surface area contributed by atoms with Crippen LogP contribution in [0.15, 0.2) is 41.6 Å². The average Bonchev–Trinajstić information content (AvgIpc) is 2.84. The summed E-state index contributed by atoms with van der Waals surface area (Å²) in [7, 11) is -6.73. The second-order valence-corrected chi connectivity index (χ2v) is 20.2. The predicted octanol–water partition coefficient (Wildman–Crippen LogP) is 3.12. The van der Waals surface area contributed by atoms with E-state index in [0.29, 0.717) is 4.90 Å². The molecule has 2 rings (SSSR count). The summed E-state index contributed by atoms with van der Waals surface area (Å²) in [6, 6.07) is 7.06. The fraction of sp³-hybridized carbons (Fsp3) is 0.412. The highest BCUT2D eigenvalue weighted by Crippen LogP contribution is 2.16. The minimum atomic E-state index is -3.52. The van der Waals surface area contributed by atoms with Crippen LogP contribution in [0.25, 0.3) is 0 Å². The standard InChI is InChI=1S/C17H27NO2SSi2/c1-14-8-10-15(11-9-14)21(19,20)18-12-16(22(2,3)4)17(13-18)23(5,6)7/h8-13H,1-7H3. The molecule has 2 aromatic rings. The Hall–Kier alpha value is -1.12. The molecule has 0 saturated heterocycles. The Morgan fingerprint density at radius 3 is 1.52 bits per heavy atom. The fourth-order valence-corrected chi connectivity index (χ4v) is 9.04. The Bertz CT molecular complexity index is 776. The van der Waals surface area contributed by atoms with Crippen LogP contribution < -0.4 is 10.4 Å². The van der Waals surface area contributed by atoms with Gasteiger partial charge in [-0.3, -0.25) is 0 Å². The van der Waals surface area contributed by atoms with E-state index in [1.807, 2.05) is 31.5 Å². The first-order valence-electron chi connectivity index (χ1n) is 7.89. The first-order chi connectivity index (χ1) is 10.3. The van der Waals surface area contributed by atoms with E-state index in [9.17, 15) is 8.42 Å². The number of benzene rings is 1. The Kier molecular flexibility index (Phi) is 4.56.